The molecule has 2 N–H and O–H groups in total. The first-order valence-electron chi connectivity index (χ1n) is 18.4. The second kappa shape index (κ2) is 9.56. The summed E-state index contributed by atoms with van der Waals surface area (Å²) in [7, 11) is -2.06. The van der Waals surface area contributed by atoms with Crippen molar-refractivity contribution < 1.29 is 43.7 Å². The summed E-state index contributed by atoms with van der Waals surface area (Å²) < 4.78 is 165. The second-order valence-corrected chi connectivity index (χ2v) is 7.43. The molecule has 6 nitrogen and oxygen atoms in total. The molecule has 0 bridgehead atoms. The monoisotopic (exact) mass is 436 g/mol. The normalized spacial score (nSPS) is 42.2. The van der Waals surface area contributed by atoms with Crippen LogP contribution in [0.5, 0.6) is 11.5 Å². The van der Waals surface area contributed by atoms with Crippen molar-refractivity contribution in [3.63, 3.8) is 0 Å². The molecule has 0 amide bonds. The van der Waals surface area contributed by atoms with Gasteiger partial charge >= 0.3 is 5.97 Å². The van der Waals surface area contributed by atoms with Gasteiger partial charge in [-0.05, 0) is 47.9 Å². The molecule has 1 fully saturated rings. The molecular formula is C24H38N2O4. The number of nitrogens with two attached hydrogens (primary N) is 1. The third-order valence-electron chi connectivity index (χ3n) is 4.79. The lowest BCUT2D eigenvalue weighted by Crippen LogP contribution is -2.51. The SMILES string of the molecule is [2H]c1c2c(c([2H])c(OC)c1OC([2H])([2H])[2H])C1N(CC2)C([2H])([2H])C([2H])(CC(C)C)C(OC(=O)[C@@]([2H])(N)C([2H])(C([2H])([2H])[2H])C([2H])([2H])[2H])C1([2H])[2H]. The Bertz CT molecular complexity index is 1410. The van der Waals surface area contributed by atoms with Gasteiger partial charge in [-0.3, -0.25) is 9.69 Å². The smallest absolute Gasteiger partial charge is 0.323 e. The minimum atomic E-state index is -4.04. The maximum atomic E-state index is 13.7. The van der Waals surface area contributed by atoms with Crippen LogP contribution in [-0.2, 0) is 16.0 Å². The highest BCUT2D eigenvalue weighted by atomic mass is 16.5. The first-order chi connectivity index (χ1) is 21.3. The zero-order valence-corrected chi connectivity index (χ0v) is 17.0. The Hall–Kier alpha value is -1.79. The van der Waals surface area contributed by atoms with Crippen LogP contribution in [0, 0.1) is 17.7 Å². The minimum Gasteiger partial charge on any atom is -0.493 e. The van der Waals surface area contributed by atoms with Crippen LogP contribution < -0.4 is 15.2 Å². The molecule has 0 aliphatic carbocycles. The summed E-state index contributed by atoms with van der Waals surface area (Å²) in [6.45, 7) is -8.03. The molecule has 2 heterocycles. The predicted octanol–water partition coefficient (Wildman–Crippen LogP) is 3.56. The van der Waals surface area contributed by atoms with Crippen LogP contribution in [0.15, 0.2) is 12.1 Å². The van der Waals surface area contributed by atoms with Crippen molar-refractivity contribution in [1.29, 1.82) is 0 Å². The number of benzene rings is 1. The van der Waals surface area contributed by atoms with Gasteiger partial charge < -0.3 is 19.9 Å². The molecule has 1 aromatic carbocycles. The number of piperidine rings is 1. The zero-order valence-electron chi connectivity index (χ0n) is 35.0. The molecule has 3 unspecified atom stereocenters. The zero-order chi connectivity index (χ0) is 37.6. The average Bonchev–Trinajstić information content (AvgIpc) is 2.89. The summed E-state index contributed by atoms with van der Waals surface area (Å²) in [5, 5.41) is 0. The molecule has 1 aromatic rings. The maximum absolute atomic E-state index is 13.7. The molecule has 0 radical (unpaired) electrons. The Morgan fingerprint density at radius 1 is 1.43 bits per heavy atom. The number of ether oxygens (including phenoxy) is 3. The van der Waals surface area contributed by atoms with Gasteiger partial charge in [-0.1, -0.05) is 27.6 Å². The lowest BCUT2D eigenvalue weighted by molar-refractivity contribution is -0.160. The van der Waals surface area contributed by atoms with E-state index in [1.807, 2.05) is 0 Å². The van der Waals surface area contributed by atoms with Crippen molar-refractivity contribution in [3.05, 3.63) is 23.2 Å². The van der Waals surface area contributed by atoms with E-state index in [0.717, 1.165) is 12.0 Å². The van der Waals surface area contributed by atoms with E-state index in [-0.39, 0.29) is 24.1 Å². The molecule has 4 atom stereocenters. The van der Waals surface area contributed by atoms with Crippen molar-refractivity contribution in [2.45, 2.75) is 64.9 Å². The molecular weight excluding hydrogens is 380 g/mol. The predicted molar refractivity (Wildman–Crippen MR) is 118 cm³/mol. The Morgan fingerprint density at radius 3 is 2.87 bits per heavy atom. The quantitative estimate of drug-likeness (QED) is 0.659. The van der Waals surface area contributed by atoms with Gasteiger partial charge in [0.1, 0.15) is 12.1 Å². The summed E-state index contributed by atoms with van der Waals surface area (Å²) in [4.78, 5) is 14.6. The average molecular weight is 437 g/mol. The Labute approximate surface area is 206 Å². The van der Waals surface area contributed by atoms with Gasteiger partial charge in [0.05, 0.1) is 22.4 Å². The summed E-state index contributed by atoms with van der Waals surface area (Å²) in [6.07, 6.45) is -6.49. The van der Waals surface area contributed by atoms with Crippen molar-refractivity contribution in [2.24, 2.45) is 23.4 Å². The Kier molecular flexibility index (Phi) is 2.86. The lowest BCUT2D eigenvalue weighted by atomic mass is 9.79. The number of hydrogen-bond acceptors (Lipinski definition) is 6. The van der Waals surface area contributed by atoms with Crippen molar-refractivity contribution in [3.8, 4) is 11.5 Å². The van der Waals surface area contributed by atoms with Crippen molar-refractivity contribution >= 4 is 5.97 Å². The van der Waals surface area contributed by atoms with E-state index >= 15 is 0 Å². The minimum absolute atomic E-state index is 0.129. The van der Waals surface area contributed by atoms with E-state index in [4.69, 9.17) is 40.5 Å². The number of esters is 1. The van der Waals surface area contributed by atoms with Crippen LogP contribution in [0.25, 0.3) is 0 Å². The molecule has 3 rings (SSSR count). The van der Waals surface area contributed by atoms with Crippen LogP contribution in [0.4, 0.5) is 0 Å². The van der Waals surface area contributed by atoms with Gasteiger partial charge in [0.2, 0.25) is 0 Å². The summed E-state index contributed by atoms with van der Waals surface area (Å²) >= 11 is 0. The van der Waals surface area contributed by atoms with E-state index in [9.17, 15) is 8.91 Å². The number of carbonyl (C=O) groups is 1. The van der Waals surface area contributed by atoms with Crippen LogP contribution in [0.2, 0.25) is 0 Å². The van der Waals surface area contributed by atoms with Crippen molar-refractivity contribution in [2.75, 3.05) is 27.2 Å². The number of hydrogen-bond donors (Lipinski definition) is 1. The van der Waals surface area contributed by atoms with E-state index < -0.39 is 105 Å². The fourth-order valence-electron chi connectivity index (χ4n) is 3.43. The van der Waals surface area contributed by atoms with Gasteiger partial charge in [-0.25, -0.2) is 0 Å². The fourth-order valence-corrected chi connectivity index (χ4v) is 3.43. The lowest BCUT2D eigenvalue weighted by Gasteiger charge is -2.47. The largest absolute Gasteiger partial charge is 0.493 e. The highest BCUT2D eigenvalue weighted by molar-refractivity contribution is 5.76. The maximum Gasteiger partial charge on any atom is 0.323 e. The molecule has 1 saturated heterocycles. The van der Waals surface area contributed by atoms with Gasteiger partial charge in [-0.2, -0.15) is 0 Å². The third-order valence-corrected chi connectivity index (χ3v) is 4.79. The van der Waals surface area contributed by atoms with E-state index in [1.54, 1.807) is 13.8 Å². The topological polar surface area (TPSA) is 74.0 Å². The number of methoxy groups -OCH3 is 2. The molecule has 168 valence electrons. The number of fused-ring (bicyclic) bond motifs is 3. The van der Waals surface area contributed by atoms with E-state index in [0.29, 0.717) is 0 Å². The van der Waals surface area contributed by atoms with Crippen LogP contribution in [-0.4, -0.2) is 50.2 Å². The standard InChI is InChI=1S/C24H38N2O4/c1-14(2)9-17-13-26-8-7-16-10-21(28-5)22(29-6)11-18(16)19(26)12-20(17)30-24(27)23(25)15(3)4/h10-11,14-15,17,19-20,23H,7-9,12-13,25H2,1-6H3/t17?,19?,20?,23-/m0/s1/i3D3,4D3,5D3,10D,11D,12D2,13D2,15D,17D,23D. The molecule has 2 aliphatic rings. The van der Waals surface area contributed by atoms with E-state index in [2.05, 4.69) is 0 Å². The Morgan fingerprint density at radius 2 is 2.20 bits per heavy atom. The molecule has 0 saturated carbocycles. The van der Waals surface area contributed by atoms with Crippen molar-refractivity contribution in [1.82, 2.24) is 4.90 Å². The third kappa shape index (κ3) is 4.75. The van der Waals surface area contributed by atoms with Crippen LogP contribution >= 0.6 is 0 Å². The Balaban J connectivity index is 2.37. The first kappa shape index (κ1) is 8.99. The first-order valence-corrected chi connectivity index (χ1v) is 9.43. The van der Waals surface area contributed by atoms with Gasteiger partial charge in [0.15, 0.2) is 11.5 Å². The van der Waals surface area contributed by atoms with Crippen LogP contribution in [0.3, 0.4) is 0 Å². The highest BCUT2D eigenvalue weighted by Gasteiger charge is 2.41. The summed E-state index contributed by atoms with van der Waals surface area (Å²) in [5.41, 5.74) is 5.19. The summed E-state index contributed by atoms with van der Waals surface area (Å²) in [6, 6.07) is -7.22. The molecule has 30 heavy (non-hydrogen) atoms. The number of carbonyl (C=O) groups excluding carboxylic acids is 1. The highest BCUT2D eigenvalue weighted by Crippen LogP contribution is 2.44. The summed E-state index contributed by atoms with van der Waals surface area (Å²) in [5.74, 6) is -10.9. The molecule has 6 heteroatoms. The second-order valence-electron chi connectivity index (χ2n) is 7.43. The van der Waals surface area contributed by atoms with Gasteiger partial charge in [0, 0.05) is 47.8 Å². The van der Waals surface area contributed by atoms with Gasteiger partial charge in [0.25, 0.3) is 0 Å². The number of nitrogens with zero attached hydrogens (tertiary/aromatic N) is 1. The molecule has 0 aromatic heterocycles. The number of rotatable bonds is 7. The molecule has 0 spiro atoms. The molecule has 2 aliphatic heterocycles. The fraction of sp³-hybridized carbons (Fsp3) is 0.708. The van der Waals surface area contributed by atoms with Gasteiger partial charge in [-0.15, -0.1) is 0 Å². The van der Waals surface area contributed by atoms with E-state index in [1.165, 1.54) is 0 Å². The van der Waals surface area contributed by atoms with Crippen LogP contribution in [0.1, 0.15) is 82.2 Å².